The fraction of sp³-hybridized carbons (Fsp3) is 0.381. The molecular weight excluding hydrogens is 310 g/mol. The summed E-state index contributed by atoms with van der Waals surface area (Å²) in [5.74, 6) is 0.0246. The molecule has 25 heavy (non-hydrogen) atoms. The molecule has 0 heterocycles. The molecule has 0 atom stereocenters. The average molecular weight is 341 g/mol. The van der Waals surface area contributed by atoms with Gasteiger partial charge in [0, 0.05) is 50.6 Å². The third-order valence-electron chi connectivity index (χ3n) is 4.32. The second-order valence-corrected chi connectivity index (χ2v) is 6.32. The van der Waals surface area contributed by atoms with E-state index in [1.54, 1.807) is 13.0 Å². The smallest absolute Gasteiger partial charge is 0.160 e. The highest BCUT2D eigenvalue weighted by atomic mass is 16.1. The zero-order valence-electron chi connectivity index (χ0n) is 16.3. The number of allylic oxidation sites excluding steroid dienone is 1. The minimum atomic E-state index is 0.0246. The first-order chi connectivity index (χ1) is 11.7. The standard InChI is InChI=1S/C21H31N3O/c1-9-18-13-19(15(3)4)21(17(6)25)14-20(18)16(5)23(7)12-11-22-24(8)10-2/h9,13-14,22H,1,3,5,10-12H2,2,4,6-8H3. The number of benzene rings is 1. The molecule has 1 aromatic carbocycles. The topological polar surface area (TPSA) is 35.6 Å². The number of ketones is 1. The minimum Gasteiger partial charge on any atom is -0.373 e. The van der Waals surface area contributed by atoms with Gasteiger partial charge in [0.15, 0.2) is 5.78 Å². The Balaban J connectivity index is 3.11. The SMILES string of the molecule is C=Cc1cc(C(=C)C)c(C(C)=O)cc1C(=C)N(C)CCNN(C)CC. The molecule has 0 amide bonds. The highest BCUT2D eigenvalue weighted by Crippen LogP contribution is 2.28. The van der Waals surface area contributed by atoms with Crippen molar-refractivity contribution in [2.75, 3.05) is 33.7 Å². The quantitative estimate of drug-likeness (QED) is 0.517. The number of carbonyl (C=O) groups is 1. The number of likely N-dealkylation sites (N-methyl/N-ethyl adjacent to an activating group) is 1. The lowest BCUT2D eigenvalue weighted by Crippen LogP contribution is -2.38. The van der Waals surface area contributed by atoms with Crippen molar-refractivity contribution in [3.63, 3.8) is 0 Å². The Bertz CT molecular complexity index is 676. The summed E-state index contributed by atoms with van der Waals surface area (Å²) in [4.78, 5) is 14.2. The highest BCUT2D eigenvalue weighted by molar-refractivity contribution is 6.00. The van der Waals surface area contributed by atoms with Crippen LogP contribution < -0.4 is 5.43 Å². The van der Waals surface area contributed by atoms with Crippen LogP contribution in [0.25, 0.3) is 17.3 Å². The van der Waals surface area contributed by atoms with Crippen LogP contribution in [0.4, 0.5) is 0 Å². The van der Waals surface area contributed by atoms with Gasteiger partial charge in [-0.25, -0.2) is 5.01 Å². The first-order valence-electron chi connectivity index (χ1n) is 8.55. The van der Waals surface area contributed by atoms with Gasteiger partial charge in [0.05, 0.1) is 0 Å². The molecule has 0 saturated heterocycles. The number of hydrazine groups is 1. The number of Topliss-reactive ketones (excluding diaryl/α,β-unsaturated/α-hetero) is 1. The molecule has 1 N–H and O–H groups in total. The Morgan fingerprint density at radius 2 is 1.80 bits per heavy atom. The Labute approximate surface area is 152 Å². The lowest BCUT2D eigenvalue weighted by atomic mass is 9.91. The second kappa shape index (κ2) is 9.35. The van der Waals surface area contributed by atoms with Crippen molar-refractivity contribution < 1.29 is 4.79 Å². The van der Waals surface area contributed by atoms with Gasteiger partial charge >= 0.3 is 0 Å². The Hall–Kier alpha value is -2.17. The molecule has 0 radical (unpaired) electrons. The number of nitrogens with one attached hydrogen (secondary N) is 1. The summed E-state index contributed by atoms with van der Waals surface area (Å²) >= 11 is 0. The molecular formula is C21H31N3O. The van der Waals surface area contributed by atoms with Gasteiger partial charge < -0.3 is 4.90 Å². The highest BCUT2D eigenvalue weighted by Gasteiger charge is 2.16. The van der Waals surface area contributed by atoms with E-state index in [2.05, 4.69) is 37.0 Å². The van der Waals surface area contributed by atoms with E-state index in [1.165, 1.54) is 0 Å². The number of carbonyl (C=O) groups excluding carboxylic acids is 1. The van der Waals surface area contributed by atoms with Crippen molar-refractivity contribution in [2.24, 2.45) is 0 Å². The summed E-state index contributed by atoms with van der Waals surface area (Å²) in [5.41, 5.74) is 8.48. The zero-order chi connectivity index (χ0) is 19.1. The fourth-order valence-corrected chi connectivity index (χ4v) is 2.54. The Morgan fingerprint density at radius 1 is 1.16 bits per heavy atom. The molecule has 1 rings (SSSR count). The van der Waals surface area contributed by atoms with E-state index in [0.29, 0.717) is 5.56 Å². The van der Waals surface area contributed by atoms with Crippen LogP contribution in [-0.2, 0) is 0 Å². The van der Waals surface area contributed by atoms with Crippen molar-refractivity contribution in [1.82, 2.24) is 15.3 Å². The molecule has 0 fully saturated rings. The van der Waals surface area contributed by atoms with Gasteiger partial charge in [-0.15, -0.1) is 0 Å². The molecule has 0 unspecified atom stereocenters. The number of hydrogen-bond acceptors (Lipinski definition) is 4. The lowest BCUT2D eigenvalue weighted by molar-refractivity contribution is 0.101. The van der Waals surface area contributed by atoms with Crippen LogP contribution >= 0.6 is 0 Å². The average Bonchev–Trinajstić information content (AvgIpc) is 2.59. The molecule has 0 aliphatic carbocycles. The van der Waals surface area contributed by atoms with Crippen molar-refractivity contribution in [2.45, 2.75) is 20.8 Å². The molecule has 0 aliphatic rings. The molecule has 4 heteroatoms. The molecule has 0 bridgehead atoms. The molecule has 0 aliphatic heterocycles. The van der Waals surface area contributed by atoms with Crippen molar-refractivity contribution in [1.29, 1.82) is 0 Å². The van der Waals surface area contributed by atoms with Gasteiger partial charge in [0.1, 0.15) is 0 Å². The second-order valence-electron chi connectivity index (χ2n) is 6.32. The van der Waals surface area contributed by atoms with Gasteiger partial charge in [0.2, 0.25) is 0 Å². The summed E-state index contributed by atoms with van der Waals surface area (Å²) in [6, 6.07) is 3.89. The van der Waals surface area contributed by atoms with E-state index < -0.39 is 0 Å². The number of nitrogens with zero attached hydrogens (tertiary/aromatic N) is 2. The zero-order valence-corrected chi connectivity index (χ0v) is 16.3. The van der Waals surface area contributed by atoms with Crippen molar-refractivity contribution in [3.05, 3.63) is 54.1 Å². The largest absolute Gasteiger partial charge is 0.373 e. The van der Waals surface area contributed by atoms with Crippen molar-refractivity contribution >= 4 is 23.1 Å². The van der Waals surface area contributed by atoms with Crippen LogP contribution in [-0.4, -0.2) is 49.4 Å². The maximum atomic E-state index is 12.1. The lowest BCUT2D eigenvalue weighted by Gasteiger charge is -2.26. The maximum absolute atomic E-state index is 12.1. The third kappa shape index (κ3) is 5.41. The van der Waals surface area contributed by atoms with Crippen LogP contribution in [0.15, 0.2) is 31.9 Å². The summed E-state index contributed by atoms with van der Waals surface area (Å²) in [6.45, 7) is 20.3. The maximum Gasteiger partial charge on any atom is 0.160 e. The van der Waals surface area contributed by atoms with Crippen LogP contribution in [0.5, 0.6) is 0 Å². The van der Waals surface area contributed by atoms with E-state index in [9.17, 15) is 4.79 Å². The monoisotopic (exact) mass is 341 g/mol. The molecule has 1 aromatic rings. The van der Waals surface area contributed by atoms with Gasteiger partial charge in [-0.05, 0) is 37.1 Å². The van der Waals surface area contributed by atoms with E-state index in [1.807, 2.05) is 38.2 Å². The molecule has 0 spiro atoms. The van der Waals surface area contributed by atoms with E-state index in [0.717, 1.165) is 47.6 Å². The fourth-order valence-electron chi connectivity index (χ4n) is 2.54. The van der Waals surface area contributed by atoms with Gasteiger partial charge in [0.25, 0.3) is 0 Å². The van der Waals surface area contributed by atoms with Crippen LogP contribution in [0.1, 0.15) is 47.8 Å². The van der Waals surface area contributed by atoms with Crippen molar-refractivity contribution in [3.8, 4) is 0 Å². The van der Waals surface area contributed by atoms with E-state index >= 15 is 0 Å². The summed E-state index contributed by atoms with van der Waals surface area (Å²) < 4.78 is 0. The van der Waals surface area contributed by atoms with Gasteiger partial charge in [-0.2, -0.15) is 0 Å². The van der Waals surface area contributed by atoms with E-state index in [4.69, 9.17) is 0 Å². The van der Waals surface area contributed by atoms with E-state index in [-0.39, 0.29) is 5.78 Å². The molecule has 136 valence electrons. The number of hydrogen-bond donors (Lipinski definition) is 1. The van der Waals surface area contributed by atoms with Crippen LogP contribution in [0.2, 0.25) is 0 Å². The van der Waals surface area contributed by atoms with Gasteiger partial charge in [-0.3, -0.25) is 10.2 Å². The predicted octanol–water partition coefficient (Wildman–Crippen LogP) is 3.92. The summed E-state index contributed by atoms with van der Waals surface area (Å²) in [5, 5.41) is 2.04. The predicted molar refractivity (Wildman–Crippen MR) is 109 cm³/mol. The molecule has 4 nitrogen and oxygen atoms in total. The Morgan fingerprint density at radius 3 is 2.28 bits per heavy atom. The van der Waals surface area contributed by atoms with Crippen LogP contribution in [0.3, 0.4) is 0 Å². The molecule has 0 aromatic heterocycles. The minimum absolute atomic E-state index is 0.0246. The first-order valence-corrected chi connectivity index (χ1v) is 8.55. The third-order valence-corrected chi connectivity index (χ3v) is 4.32. The summed E-state index contributed by atoms with van der Waals surface area (Å²) in [7, 11) is 4.02. The van der Waals surface area contributed by atoms with Crippen LogP contribution in [0, 0.1) is 0 Å². The normalized spacial score (nSPS) is 10.6. The summed E-state index contributed by atoms with van der Waals surface area (Å²) in [6.07, 6.45) is 1.80. The first kappa shape index (κ1) is 20.9. The number of rotatable bonds is 10. The van der Waals surface area contributed by atoms with Gasteiger partial charge in [-0.1, -0.05) is 38.3 Å². The molecule has 0 saturated carbocycles. The Kier molecular flexibility index (Phi) is 7.81.